The van der Waals surface area contributed by atoms with Crippen LogP contribution in [0.15, 0.2) is 0 Å². The zero-order valence-corrected chi connectivity index (χ0v) is 9.01. The molecule has 0 aliphatic carbocycles. The molecule has 0 unspecified atom stereocenters. The highest BCUT2D eigenvalue weighted by atomic mass is 32.2. The molecule has 84 valence electrons. The average molecular weight is 247 g/mol. The highest BCUT2D eigenvalue weighted by molar-refractivity contribution is 7.85. The second-order valence-corrected chi connectivity index (χ2v) is 4.43. The lowest BCUT2D eigenvalue weighted by molar-refractivity contribution is -0.121. The van der Waals surface area contributed by atoms with E-state index in [9.17, 15) is 13.2 Å². The van der Waals surface area contributed by atoms with Gasteiger partial charge in [0.2, 0.25) is 5.91 Å². The van der Waals surface area contributed by atoms with E-state index in [0.717, 1.165) is 0 Å². The van der Waals surface area contributed by atoms with Crippen LogP contribution in [0.25, 0.3) is 0 Å². The van der Waals surface area contributed by atoms with Crippen molar-refractivity contribution in [3.05, 3.63) is 0 Å². The van der Waals surface area contributed by atoms with Crippen LogP contribution in [-0.4, -0.2) is 42.9 Å². The Morgan fingerprint density at radius 3 is 2.79 bits per heavy atom. The minimum atomic E-state index is -4.26. The van der Waals surface area contributed by atoms with E-state index in [1.54, 1.807) is 0 Å². The minimum Gasteiger partial charge on any atom is -0.355 e. The second-order valence-electron chi connectivity index (χ2n) is 2.49. The van der Waals surface area contributed by atoms with Crippen LogP contribution < -0.4 is 11.1 Å². The van der Waals surface area contributed by atoms with E-state index in [1.165, 1.54) is 0 Å². The van der Waals surface area contributed by atoms with Gasteiger partial charge in [0.1, 0.15) is 0 Å². The molecule has 0 aliphatic rings. The number of carbonyl (C=O) groups excluding carboxylic acids is 1. The predicted octanol–water partition coefficient (Wildman–Crippen LogP) is -1.36. The van der Waals surface area contributed by atoms with Crippen molar-refractivity contribution < 1.29 is 20.5 Å². The normalized spacial score (nSPS) is 16.8. The standard InChI is InChI=1S/C6H14N2O4S2/c7-5(4-13)6(9)8-2-1-3-14(10,11)12/h5,13H,1-4,7H2,(H,8,9)(H,10,11,12)/t5-/m0/s1/i2D2,6+1,9+2. The molecule has 0 saturated carbocycles. The van der Waals surface area contributed by atoms with Crippen molar-refractivity contribution in [2.75, 3.05) is 18.0 Å². The molecule has 6 nitrogen and oxygen atoms in total. The van der Waals surface area contributed by atoms with Gasteiger partial charge in [-0.05, 0) is 6.42 Å². The fourth-order valence-corrected chi connectivity index (χ4v) is 1.03. The maximum atomic E-state index is 11.2. The molecule has 0 rings (SSSR count). The van der Waals surface area contributed by atoms with Crippen LogP contribution >= 0.6 is 12.6 Å². The SMILES string of the molecule is [2H]C([2H])(CCS(=O)(=O)O)N[13C](=[18O])[C@@H](N)CS. The Morgan fingerprint density at radius 2 is 2.36 bits per heavy atom. The number of nitrogens with one attached hydrogen (secondary N) is 1. The van der Waals surface area contributed by atoms with Gasteiger partial charge in [-0.2, -0.15) is 21.0 Å². The molecule has 0 aliphatic heterocycles. The van der Waals surface area contributed by atoms with Crippen molar-refractivity contribution in [3.8, 4) is 0 Å². The van der Waals surface area contributed by atoms with Gasteiger partial charge in [0.15, 0.2) is 0 Å². The molecular formula is C6H14N2O4S2. The van der Waals surface area contributed by atoms with Crippen molar-refractivity contribution in [1.29, 1.82) is 0 Å². The van der Waals surface area contributed by atoms with Gasteiger partial charge >= 0.3 is 0 Å². The molecule has 0 saturated heterocycles. The van der Waals surface area contributed by atoms with E-state index in [4.69, 9.17) is 13.0 Å². The summed E-state index contributed by atoms with van der Waals surface area (Å²) in [5.74, 6) is -1.51. The number of hydrogen-bond acceptors (Lipinski definition) is 5. The maximum Gasteiger partial charge on any atom is 0.264 e. The molecule has 0 bridgehead atoms. The Kier molecular flexibility index (Phi) is 4.54. The third-order valence-electron chi connectivity index (χ3n) is 1.23. The Labute approximate surface area is 91.2 Å². The van der Waals surface area contributed by atoms with Crippen LogP contribution in [0.3, 0.4) is 0 Å². The van der Waals surface area contributed by atoms with Crippen molar-refractivity contribution in [1.82, 2.24) is 5.32 Å². The summed E-state index contributed by atoms with van der Waals surface area (Å²) < 4.78 is 43.8. The van der Waals surface area contributed by atoms with Gasteiger partial charge in [-0.3, -0.25) is 9.35 Å². The summed E-state index contributed by atoms with van der Waals surface area (Å²) in [6, 6.07) is -0.968. The minimum absolute atomic E-state index is 0.0419. The molecule has 0 heterocycles. The molecule has 4 N–H and O–H groups in total. The number of hydrogen-bond donors (Lipinski definition) is 4. The van der Waals surface area contributed by atoms with Gasteiger partial charge in [0.25, 0.3) is 10.1 Å². The van der Waals surface area contributed by atoms with Gasteiger partial charge in [-0.25, -0.2) is 0 Å². The maximum absolute atomic E-state index is 11.2. The molecule has 8 heteroatoms. The summed E-state index contributed by atoms with van der Waals surface area (Å²) in [6.07, 6.45) is -0.559. The Bertz CT molecular complexity index is 346. The van der Waals surface area contributed by atoms with Crippen LogP contribution in [-0.2, 0) is 14.9 Å². The zero-order valence-electron chi connectivity index (χ0n) is 9.30. The first kappa shape index (κ1) is 10.2. The van der Waals surface area contributed by atoms with E-state index in [2.05, 4.69) is 12.6 Å². The highest BCUT2D eigenvalue weighted by Crippen LogP contribution is 1.88. The molecule has 1 amide bonds. The molecule has 0 radical (unpaired) electrons. The lowest BCUT2D eigenvalue weighted by Gasteiger charge is -2.08. The largest absolute Gasteiger partial charge is 0.355 e. The first-order valence-electron chi connectivity index (χ1n) is 4.71. The Balaban J connectivity index is 4.30. The third-order valence-corrected chi connectivity index (χ3v) is 2.34. The predicted molar refractivity (Wildman–Crippen MR) is 55.9 cm³/mol. The molecular weight excluding hydrogens is 231 g/mol. The first-order valence-corrected chi connectivity index (χ1v) is 5.95. The van der Waals surface area contributed by atoms with E-state index in [-0.39, 0.29) is 5.75 Å². The summed E-state index contributed by atoms with van der Waals surface area (Å²) >= 11 is 3.76. The molecule has 0 aromatic heterocycles. The number of carbonyl (C=O) groups is 1. The van der Waals surface area contributed by atoms with E-state index < -0.39 is 40.7 Å². The van der Waals surface area contributed by atoms with E-state index >= 15 is 0 Å². The summed E-state index contributed by atoms with van der Waals surface area (Å²) in [6.45, 7) is -2.24. The van der Waals surface area contributed by atoms with Gasteiger partial charge in [-0.15, -0.1) is 0 Å². The monoisotopic (exact) mass is 247 g/mol. The topological polar surface area (TPSA) is 109 Å². The summed E-state index contributed by atoms with van der Waals surface area (Å²) in [4.78, 5) is 11.2. The molecule has 0 fully saturated rings. The number of nitrogens with two attached hydrogens (primary N) is 1. The quantitative estimate of drug-likeness (QED) is 0.200. The van der Waals surface area contributed by atoms with Crippen LogP contribution in [0.2, 0.25) is 0 Å². The van der Waals surface area contributed by atoms with Gasteiger partial charge < -0.3 is 11.1 Å². The van der Waals surface area contributed by atoms with Crippen molar-refractivity contribution in [3.63, 3.8) is 0 Å². The summed E-state index contributed by atoms with van der Waals surface area (Å²) in [5.41, 5.74) is 5.28. The van der Waals surface area contributed by atoms with Gasteiger partial charge in [0.05, 0.1) is 11.8 Å². The molecule has 0 aromatic rings. The van der Waals surface area contributed by atoms with E-state index in [1.807, 2.05) is 5.32 Å². The highest BCUT2D eigenvalue weighted by Gasteiger charge is 2.10. The van der Waals surface area contributed by atoms with Crippen LogP contribution in [0.4, 0.5) is 0 Å². The summed E-state index contributed by atoms with van der Waals surface area (Å²) in [5, 5.41) is 1.92. The first-order chi connectivity index (χ1) is 7.07. The fraction of sp³-hybridized carbons (Fsp3) is 0.833. The van der Waals surface area contributed by atoms with Crippen molar-refractivity contribution >= 4 is 28.7 Å². The number of thiol groups is 1. The molecule has 14 heavy (non-hydrogen) atoms. The lowest BCUT2D eigenvalue weighted by atomic mass is 10.5. The smallest absolute Gasteiger partial charge is 0.264 e. The van der Waals surface area contributed by atoms with E-state index in [0.29, 0.717) is 0 Å². The molecule has 0 spiro atoms. The fourth-order valence-electron chi connectivity index (χ4n) is 0.505. The zero-order chi connectivity index (χ0) is 13.0. The Morgan fingerprint density at radius 1 is 1.79 bits per heavy atom. The molecule has 0 aromatic carbocycles. The summed E-state index contributed by atoms with van der Waals surface area (Å²) in [7, 11) is -4.26. The van der Waals surface area contributed by atoms with Gasteiger partial charge in [0, 0.05) is 15.0 Å². The van der Waals surface area contributed by atoms with Crippen molar-refractivity contribution in [2.45, 2.75) is 12.5 Å². The second kappa shape index (κ2) is 6.23. The third kappa shape index (κ3) is 7.13. The van der Waals surface area contributed by atoms with Crippen molar-refractivity contribution in [2.24, 2.45) is 5.73 Å². The van der Waals surface area contributed by atoms with Gasteiger partial charge in [-0.1, -0.05) is 0 Å². The Hall–Kier alpha value is -0.310. The van der Waals surface area contributed by atoms with Crippen LogP contribution in [0, 0.1) is 0 Å². The number of amides is 1. The lowest BCUT2D eigenvalue weighted by Crippen LogP contribution is -2.42. The molecule has 1 atom stereocenters. The van der Waals surface area contributed by atoms with Crippen LogP contribution in [0.5, 0.6) is 0 Å². The average Bonchev–Trinajstić information content (AvgIpc) is 2.12. The number of rotatable bonds is 6. The van der Waals surface area contributed by atoms with Crippen LogP contribution in [0.1, 0.15) is 9.16 Å².